The van der Waals surface area contributed by atoms with Gasteiger partial charge in [-0.1, -0.05) is 102 Å². The van der Waals surface area contributed by atoms with Crippen molar-refractivity contribution in [1.29, 1.82) is 0 Å². The van der Waals surface area contributed by atoms with Crippen molar-refractivity contribution >= 4 is 23.0 Å². The number of carbonyl (C=O) groups excluding carboxylic acids is 2. The van der Waals surface area contributed by atoms with E-state index in [1.54, 1.807) is 6.07 Å². The molecule has 8 heteroatoms. The van der Waals surface area contributed by atoms with Gasteiger partial charge in [-0.15, -0.1) is 0 Å². The average molecular weight is 607 g/mol. The number of aryl methyl sites for hydroxylation is 1. The molecule has 2 aromatic carbocycles. The second-order valence-corrected chi connectivity index (χ2v) is 11.7. The van der Waals surface area contributed by atoms with Crippen molar-refractivity contribution in [2.75, 3.05) is 13.2 Å². The second-order valence-electron chi connectivity index (χ2n) is 11.7. The van der Waals surface area contributed by atoms with Crippen LogP contribution in [0.2, 0.25) is 0 Å². The Bertz CT molecular complexity index is 1340. The highest BCUT2D eigenvalue weighted by molar-refractivity contribution is 5.86. The molecule has 1 heterocycles. The van der Waals surface area contributed by atoms with Crippen LogP contribution < -0.4 is 21.0 Å². The minimum Gasteiger partial charge on any atom is -0.493 e. The number of hydrogen-bond donors (Lipinski definition) is 2. The lowest BCUT2D eigenvalue weighted by Crippen LogP contribution is -2.50. The van der Waals surface area contributed by atoms with Crippen LogP contribution >= 0.6 is 0 Å². The van der Waals surface area contributed by atoms with E-state index >= 15 is 0 Å². The second kappa shape index (κ2) is 19.5. The third-order valence-corrected chi connectivity index (χ3v) is 8.04. The number of nitrogens with one attached hydrogen (secondary N) is 2. The molecule has 0 aliphatic heterocycles. The normalized spacial score (nSPS) is 12.4. The standard InChI is InChI=1S/C36H50N2O6/c1-4-27(2)34(38-36(41)43-26-29-18-14-13-15-19-29)35(40)37-22-16-11-9-7-5-6-8-10-12-17-23-42-30-20-21-31-28(3)24-33(39)44-32(31)25-30/h13-15,18-21,24-25,27,34H,4-12,16-17,22-23,26H2,1-3H3,(H,37,40)(H,38,41)/t27-,34-/m0/s1. The number of amides is 2. The van der Waals surface area contributed by atoms with Gasteiger partial charge in [0.2, 0.25) is 5.91 Å². The first-order valence-corrected chi connectivity index (χ1v) is 16.3. The number of fused-ring (bicyclic) bond motifs is 1. The fourth-order valence-electron chi connectivity index (χ4n) is 5.14. The van der Waals surface area contributed by atoms with Crippen LogP contribution in [0.3, 0.4) is 0 Å². The summed E-state index contributed by atoms with van der Waals surface area (Å²) in [5, 5.41) is 6.69. The van der Waals surface area contributed by atoms with Crippen molar-refractivity contribution in [3.05, 3.63) is 76.1 Å². The monoisotopic (exact) mass is 606 g/mol. The summed E-state index contributed by atoms with van der Waals surface area (Å²) in [7, 11) is 0. The highest BCUT2D eigenvalue weighted by Gasteiger charge is 2.26. The third kappa shape index (κ3) is 12.4. The average Bonchev–Trinajstić information content (AvgIpc) is 3.02. The highest BCUT2D eigenvalue weighted by atomic mass is 16.5. The summed E-state index contributed by atoms with van der Waals surface area (Å²) in [5.41, 5.74) is 2.04. The van der Waals surface area contributed by atoms with E-state index in [1.165, 1.54) is 38.2 Å². The predicted octanol–water partition coefficient (Wildman–Crippen LogP) is 7.84. The van der Waals surface area contributed by atoms with E-state index in [1.807, 2.05) is 63.2 Å². The Hall–Kier alpha value is -3.81. The molecule has 2 N–H and O–H groups in total. The smallest absolute Gasteiger partial charge is 0.408 e. The Morgan fingerprint density at radius 1 is 0.864 bits per heavy atom. The predicted molar refractivity (Wildman–Crippen MR) is 175 cm³/mol. The van der Waals surface area contributed by atoms with E-state index in [0.29, 0.717) is 18.7 Å². The lowest BCUT2D eigenvalue weighted by molar-refractivity contribution is -0.124. The summed E-state index contributed by atoms with van der Waals surface area (Å²) in [4.78, 5) is 36.7. The number of alkyl carbamates (subject to hydrolysis) is 1. The Kier molecular flexibility index (Phi) is 15.3. The van der Waals surface area contributed by atoms with Gasteiger partial charge in [0, 0.05) is 24.1 Å². The molecule has 2 atom stereocenters. The maximum Gasteiger partial charge on any atom is 0.408 e. The van der Waals surface area contributed by atoms with E-state index < -0.39 is 12.1 Å². The van der Waals surface area contributed by atoms with Gasteiger partial charge in [0.1, 0.15) is 24.0 Å². The summed E-state index contributed by atoms with van der Waals surface area (Å²) >= 11 is 0. The molecule has 0 unspecified atom stereocenters. The fraction of sp³-hybridized carbons (Fsp3) is 0.528. The van der Waals surface area contributed by atoms with Gasteiger partial charge in [-0.05, 0) is 48.9 Å². The van der Waals surface area contributed by atoms with Crippen LogP contribution in [0.5, 0.6) is 5.75 Å². The zero-order valence-corrected chi connectivity index (χ0v) is 26.7. The fourth-order valence-corrected chi connectivity index (χ4v) is 5.14. The van der Waals surface area contributed by atoms with Gasteiger partial charge in [0.25, 0.3) is 0 Å². The summed E-state index contributed by atoms with van der Waals surface area (Å²) < 4.78 is 16.5. The maximum atomic E-state index is 12.8. The molecule has 8 nitrogen and oxygen atoms in total. The minimum absolute atomic E-state index is 0.00583. The number of benzene rings is 2. The Balaban J connectivity index is 1.17. The zero-order valence-electron chi connectivity index (χ0n) is 26.7. The Morgan fingerprint density at radius 2 is 1.52 bits per heavy atom. The molecule has 3 rings (SSSR count). The lowest BCUT2D eigenvalue weighted by atomic mass is 9.98. The first-order chi connectivity index (χ1) is 21.4. The van der Waals surface area contributed by atoms with Crippen LogP contribution in [0.25, 0.3) is 11.0 Å². The quantitative estimate of drug-likeness (QED) is 0.100. The molecule has 1 aromatic heterocycles. The Labute approximate surface area is 261 Å². The van der Waals surface area contributed by atoms with Crippen LogP contribution in [0.4, 0.5) is 4.79 Å². The number of unbranched alkanes of at least 4 members (excludes halogenated alkanes) is 9. The summed E-state index contributed by atoms with van der Waals surface area (Å²) in [5.74, 6) is 0.588. The number of carbonyl (C=O) groups is 2. The molecule has 44 heavy (non-hydrogen) atoms. The molecule has 3 aromatic rings. The molecule has 0 bridgehead atoms. The number of ether oxygens (including phenoxy) is 2. The van der Waals surface area contributed by atoms with E-state index in [0.717, 1.165) is 60.8 Å². The molecule has 240 valence electrons. The third-order valence-electron chi connectivity index (χ3n) is 8.04. The van der Waals surface area contributed by atoms with Crippen molar-refractivity contribution in [3.63, 3.8) is 0 Å². The minimum atomic E-state index is -0.609. The largest absolute Gasteiger partial charge is 0.493 e. The molecular formula is C36H50N2O6. The molecule has 0 saturated heterocycles. The zero-order chi connectivity index (χ0) is 31.6. The van der Waals surface area contributed by atoms with Gasteiger partial charge in [-0.25, -0.2) is 9.59 Å². The highest BCUT2D eigenvalue weighted by Crippen LogP contribution is 2.22. The number of rotatable bonds is 20. The van der Waals surface area contributed by atoms with E-state index in [4.69, 9.17) is 13.9 Å². The summed E-state index contributed by atoms with van der Waals surface area (Å²) in [6, 6.07) is 16.0. The number of hydrogen-bond acceptors (Lipinski definition) is 6. The van der Waals surface area contributed by atoms with Gasteiger partial charge in [-0.2, -0.15) is 0 Å². The summed E-state index contributed by atoms with van der Waals surface area (Å²) in [6.07, 6.45) is 11.6. The van der Waals surface area contributed by atoms with Crippen LogP contribution in [0, 0.1) is 12.8 Å². The van der Waals surface area contributed by atoms with Crippen molar-refractivity contribution in [2.45, 2.75) is 104 Å². The van der Waals surface area contributed by atoms with Gasteiger partial charge in [0.05, 0.1) is 6.61 Å². The lowest BCUT2D eigenvalue weighted by Gasteiger charge is -2.23. The molecule has 2 amide bonds. The van der Waals surface area contributed by atoms with Crippen LogP contribution in [-0.2, 0) is 16.1 Å². The molecular weight excluding hydrogens is 556 g/mol. The first kappa shape index (κ1) is 34.7. The molecule has 0 aliphatic rings. The van der Waals surface area contributed by atoms with Gasteiger partial charge < -0.3 is 24.5 Å². The van der Waals surface area contributed by atoms with E-state index in [9.17, 15) is 14.4 Å². The Morgan fingerprint density at radius 3 is 2.20 bits per heavy atom. The molecule has 0 aliphatic carbocycles. The van der Waals surface area contributed by atoms with E-state index in [-0.39, 0.29) is 24.1 Å². The molecule has 0 spiro atoms. The van der Waals surface area contributed by atoms with Crippen molar-refractivity contribution in [3.8, 4) is 5.75 Å². The van der Waals surface area contributed by atoms with Gasteiger partial charge >= 0.3 is 11.7 Å². The van der Waals surface area contributed by atoms with Crippen molar-refractivity contribution < 1.29 is 23.5 Å². The van der Waals surface area contributed by atoms with Gasteiger partial charge in [0.15, 0.2) is 0 Å². The maximum absolute atomic E-state index is 12.8. The van der Waals surface area contributed by atoms with E-state index in [2.05, 4.69) is 10.6 Å². The molecule has 0 radical (unpaired) electrons. The first-order valence-electron chi connectivity index (χ1n) is 16.3. The topological polar surface area (TPSA) is 107 Å². The SMILES string of the molecule is CC[C@H](C)[C@H](NC(=O)OCc1ccccc1)C(=O)NCCCCCCCCCCCCOc1ccc2c(C)cc(=O)oc2c1. The van der Waals surface area contributed by atoms with Crippen LogP contribution in [-0.4, -0.2) is 31.2 Å². The van der Waals surface area contributed by atoms with Crippen LogP contribution in [0.1, 0.15) is 95.6 Å². The van der Waals surface area contributed by atoms with Crippen LogP contribution in [0.15, 0.2) is 63.8 Å². The molecule has 0 saturated carbocycles. The van der Waals surface area contributed by atoms with Gasteiger partial charge in [-0.3, -0.25) is 4.79 Å². The summed E-state index contributed by atoms with van der Waals surface area (Å²) in [6.45, 7) is 7.32. The van der Waals surface area contributed by atoms with Crippen molar-refractivity contribution in [2.24, 2.45) is 5.92 Å². The molecule has 0 fully saturated rings. The van der Waals surface area contributed by atoms with Crippen molar-refractivity contribution in [1.82, 2.24) is 10.6 Å².